The van der Waals surface area contributed by atoms with Crippen LogP contribution in [-0.4, -0.2) is 9.13 Å². The fourth-order valence-corrected chi connectivity index (χ4v) is 3.70. The van der Waals surface area contributed by atoms with E-state index in [9.17, 15) is 0 Å². The van der Waals surface area contributed by atoms with Crippen LogP contribution in [0.3, 0.4) is 0 Å². The Morgan fingerprint density at radius 1 is 0.842 bits per heavy atom. The van der Waals surface area contributed by atoms with Crippen LogP contribution in [0.4, 0.5) is 0 Å². The van der Waals surface area contributed by atoms with Crippen molar-refractivity contribution in [2.45, 2.75) is 6.92 Å². The van der Waals surface area contributed by atoms with Crippen molar-refractivity contribution in [3.63, 3.8) is 0 Å². The fraction of sp³-hybridized carbons (Fsp3) is 0.188. The van der Waals surface area contributed by atoms with E-state index in [1.165, 1.54) is 35.7 Å². The van der Waals surface area contributed by atoms with Crippen LogP contribution in [0.15, 0.2) is 48.8 Å². The van der Waals surface area contributed by atoms with Gasteiger partial charge in [0.05, 0.1) is 11.4 Å². The van der Waals surface area contributed by atoms with Crippen LogP contribution >= 0.6 is 8.19 Å². The van der Waals surface area contributed by atoms with Crippen molar-refractivity contribution in [1.29, 1.82) is 0 Å². The SMILES string of the molecule is Cc1ccc(-c2cccn2C)pc1-c1cccn1C. The molecule has 0 aliphatic heterocycles. The molecule has 0 saturated heterocycles. The standard InChI is InChI=1S/C16H17N2P/c1-12-8-9-15(13-6-4-10-17(13)2)19-16(12)14-7-5-11-18(14)3/h4-11H,1-3H3. The summed E-state index contributed by atoms with van der Waals surface area (Å²) in [4.78, 5) is 0. The molecule has 0 unspecified atom stereocenters. The molecule has 19 heavy (non-hydrogen) atoms. The van der Waals surface area contributed by atoms with Gasteiger partial charge in [-0.15, -0.1) is 0 Å². The van der Waals surface area contributed by atoms with Gasteiger partial charge in [0, 0.05) is 37.1 Å². The lowest BCUT2D eigenvalue weighted by atomic mass is 10.2. The van der Waals surface area contributed by atoms with Crippen molar-refractivity contribution >= 4 is 8.19 Å². The molecule has 3 rings (SSSR count). The van der Waals surface area contributed by atoms with Gasteiger partial charge < -0.3 is 9.13 Å². The molecule has 0 aliphatic rings. The molecule has 0 radical (unpaired) electrons. The summed E-state index contributed by atoms with van der Waals surface area (Å²) in [7, 11) is 5.48. The Kier molecular flexibility index (Phi) is 3.04. The normalized spacial score (nSPS) is 11.3. The number of nitrogens with zero attached hydrogens (tertiary/aromatic N) is 2. The summed E-state index contributed by atoms with van der Waals surface area (Å²) in [5.74, 6) is 0. The number of aryl methyl sites for hydroxylation is 3. The third-order valence-electron chi connectivity index (χ3n) is 3.49. The molecule has 0 spiro atoms. The van der Waals surface area contributed by atoms with Gasteiger partial charge in [0.1, 0.15) is 0 Å². The largest absolute Gasteiger partial charge is 0.350 e. The van der Waals surface area contributed by atoms with Gasteiger partial charge in [-0.25, -0.2) is 0 Å². The highest BCUT2D eigenvalue weighted by molar-refractivity contribution is 7.37. The van der Waals surface area contributed by atoms with Gasteiger partial charge in [-0.3, -0.25) is 0 Å². The maximum Gasteiger partial charge on any atom is 0.0527 e. The number of rotatable bonds is 2. The molecule has 0 amide bonds. The summed E-state index contributed by atoms with van der Waals surface area (Å²) in [5.41, 5.74) is 3.94. The monoisotopic (exact) mass is 268 g/mol. The van der Waals surface area contributed by atoms with Gasteiger partial charge in [-0.05, 0) is 42.8 Å². The minimum atomic E-state index is 1.28. The van der Waals surface area contributed by atoms with Crippen molar-refractivity contribution < 1.29 is 0 Å². The van der Waals surface area contributed by atoms with E-state index in [1.54, 1.807) is 0 Å². The van der Waals surface area contributed by atoms with E-state index in [-0.39, 0.29) is 0 Å². The summed E-state index contributed by atoms with van der Waals surface area (Å²) in [6, 6.07) is 13.0. The molecule has 3 aromatic heterocycles. The predicted molar refractivity (Wildman–Crippen MR) is 82.5 cm³/mol. The van der Waals surface area contributed by atoms with Crippen LogP contribution in [0.5, 0.6) is 0 Å². The Hall–Kier alpha value is -1.79. The van der Waals surface area contributed by atoms with Crippen molar-refractivity contribution in [3.8, 4) is 22.0 Å². The van der Waals surface area contributed by atoms with Crippen molar-refractivity contribution in [1.82, 2.24) is 9.13 Å². The summed E-state index contributed by atoms with van der Waals surface area (Å²) in [6.45, 7) is 2.19. The second-order valence-corrected chi connectivity index (χ2v) is 6.02. The van der Waals surface area contributed by atoms with Crippen LogP contribution in [0.2, 0.25) is 0 Å². The lowest BCUT2D eigenvalue weighted by Gasteiger charge is -2.10. The zero-order valence-electron chi connectivity index (χ0n) is 11.5. The van der Waals surface area contributed by atoms with E-state index < -0.39 is 0 Å². The van der Waals surface area contributed by atoms with E-state index in [4.69, 9.17) is 0 Å². The van der Waals surface area contributed by atoms with E-state index in [1.807, 2.05) is 0 Å². The highest BCUT2D eigenvalue weighted by atomic mass is 31.0. The molecule has 3 heteroatoms. The predicted octanol–water partition coefficient (Wildman–Crippen LogP) is 4.59. The quantitative estimate of drug-likeness (QED) is 0.643. The molecule has 3 heterocycles. The van der Waals surface area contributed by atoms with Gasteiger partial charge in [-0.2, -0.15) is 0 Å². The van der Waals surface area contributed by atoms with Crippen molar-refractivity contribution in [2.75, 3.05) is 0 Å². The lowest BCUT2D eigenvalue weighted by molar-refractivity contribution is 0.937. The zero-order chi connectivity index (χ0) is 13.4. The first-order chi connectivity index (χ1) is 9.16. The minimum absolute atomic E-state index is 1.28. The molecular weight excluding hydrogens is 251 g/mol. The highest BCUT2D eigenvalue weighted by Crippen LogP contribution is 2.38. The first-order valence-electron chi connectivity index (χ1n) is 6.38. The zero-order valence-corrected chi connectivity index (χ0v) is 12.4. The molecular formula is C16H17N2P. The third kappa shape index (κ3) is 2.13. The summed E-state index contributed by atoms with van der Waals surface area (Å²) >= 11 is 0. The van der Waals surface area contributed by atoms with Crippen LogP contribution in [0.1, 0.15) is 5.56 Å². The minimum Gasteiger partial charge on any atom is -0.350 e. The average Bonchev–Trinajstić information content (AvgIpc) is 2.99. The highest BCUT2D eigenvalue weighted by Gasteiger charge is 2.09. The molecule has 0 N–H and O–H groups in total. The van der Waals surface area contributed by atoms with Crippen molar-refractivity contribution in [3.05, 3.63) is 54.4 Å². The first kappa shape index (κ1) is 12.3. The Labute approximate surface area is 115 Å². The van der Waals surface area contributed by atoms with Crippen LogP contribution < -0.4 is 0 Å². The van der Waals surface area contributed by atoms with E-state index in [2.05, 4.69) is 78.9 Å². The molecule has 0 aromatic carbocycles. The third-order valence-corrected chi connectivity index (χ3v) is 4.91. The van der Waals surface area contributed by atoms with Crippen LogP contribution in [-0.2, 0) is 14.1 Å². The maximum absolute atomic E-state index is 2.23. The Morgan fingerprint density at radius 3 is 2.05 bits per heavy atom. The second-order valence-electron chi connectivity index (χ2n) is 4.87. The van der Waals surface area contributed by atoms with E-state index >= 15 is 0 Å². The summed E-state index contributed by atoms with van der Waals surface area (Å²) in [5, 5.41) is 2.75. The topological polar surface area (TPSA) is 9.86 Å². The summed E-state index contributed by atoms with van der Waals surface area (Å²) < 4.78 is 4.36. The van der Waals surface area contributed by atoms with Crippen molar-refractivity contribution in [2.24, 2.45) is 14.1 Å². The first-order valence-corrected chi connectivity index (χ1v) is 7.27. The average molecular weight is 268 g/mol. The Bertz CT molecular complexity index is 722. The second kappa shape index (κ2) is 4.71. The van der Waals surface area contributed by atoms with Crippen LogP contribution in [0, 0.1) is 6.92 Å². The Morgan fingerprint density at radius 2 is 1.47 bits per heavy atom. The van der Waals surface area contributed by atoms with E-state index in [0.29, 0.717) is 0 Å². The lowest BCUT2D eigenvalue weighted by Crippen LogP contribution is -1.91. The smallest absolute Gasteiger partial charge is 0.0527 e. The molecule has 3 aromatic rings. The van der Waals surface area contributed by atoms with E-state index in [0.717, 1.165) is 0 Å². The maximum atomic E-state index is 2.23. The molecule has 96 valence electrons. The number of aromatic nitrogens is 2. The molecule has 0 aliphatic carbocycles. The van der Waals surface area contributed by atoms with Gasteiger partial charge >= 0.3 is 0 Å². The summed E-state index contributed by atoms with van der Waals surface area (Å²) in [6.07, 6.45) is 4.20. The molecule has 2 nitrogen and oxygen atoms in total. The van der Waals surface area contributed by atoms with Gasteiger partial charge in [0.25, 0.3) is 0 Å². The molecule has 0 saturated carbocycles. The fourth-order valence-electron chi connectivity index (χ4n) is 2.37. The Balaban J connectivity index is 2.17. The number of hydrogen-bond donors (Lipinski definition) is 0. The van der Waals surface area contributed by atoms with Crippen LogP contribution in [0.25, 0.3) is 22.0 Å². The van der Waals surface area contributed by atoms with Gasteiger partial charge in [0.2, 0.25) is 0 Å². The molecule has 0 bridgehead atoms. The molecule has 0 atom stereocenters. The van der Waals surface area contributed by atoms with Gasteiger partial charge in [0.15, 0.2) is 0 Å². The molecule has 0 fully saturated rings. The number of hydrogen-bond acceptors (Lipinski definition) is 0. The van der Waals surface area contributed by atoms with Gasteiger partial charge in [-0.1, -0.05) is 14.3 Å².